The van der Waals surface area contributed by atoms with E-state index in [9.17, 15) is 4.79 Å². The van der Waals surface area contributed by atoms with Gasteiger partial charge in [0, 0.05) is 6.42 Å². The first-order chi connectivity index (χ1) is 9.56. The van der Waals surface area contributed by atoms with Crippen molar-refractivity contribution in [2.24, 2.45) is 0 Å². The Morgan fingerprint density at radius 2 is 2.05 bits per heavy atom. The van der Waals surface area contributed by atoms with Crippen molar-refractivity contribution in [1.82, 2.24) is 9.97 Å². The number of carbonyl (C=O) groups excluding carboxylic acids is 1. The molecule has 1 aromatic carbocycles. The van der Waals surface area contributed by atoms with Gasteiger partial charge in [0.05, 0.1) is 6.20 Å². The van der Waals surface area contributed by atoms with E-state index in [0.717, 1.165) is 0 Å². The zero-order chi connectivity index (χ0) is 14.5. The maximum absolute atomic E-state index is 11.9. The summed E-state index contributed by atoms with van der Waals surface area (Å²) in [5, 5.41) is 2.75. The molecule has 1 amide bonds. The van der Waals surface area contributed by atoms with Crippen LogP contribution in [0.25, 0.3) is 0 Å². The molecule has 1 N–H and O–H groups in total. The van der Waals surface area contributed by atoms with Crippen LogP contribution in [0.15, 0.2) is 39.7 Å². The van der Waals surface area contributed by atoms with Gasteiger partial charge in [-0.25, -0.2) is 9.97 Å². The summed E-state index contributed by atoms with van der Waals surface area (Å²) in [5.41, 5.74) is 2.38. The fraction of sp³-hybridized carbons (Fsp3) is 0.214. The van der Waals surface area contributed by atoms with Crippen LogP contribution in [0.4, 0.5) is 5.82 Å². The largest absolute Gasteiger partial charge is 0.308 e. The maximum Gasteiger partial charge on any atom is 0.225 e. The average Bonchev–Trinajstić information content (AvgIpc) is 2.41. The van der Waals surface area contributed by atoms with Gasteiger partial charge in [-0.3, -0.25) is 4.79 Å². The van der Waals surface area contributed by atoms with Crippen molar-refractivity contribution in [2.45, 2.75) is 19.8 Å². The van der Waals surface area contributed by atoms with Crippen LogP contribution >= 0.6 is 31.9 Å². The molecule has 104 valence electrons. The van der Waals surface area contributed by atoms with Crippen LogP contribution in [0, 0.1) is 6.92 Å². The molecule has 0 fully saturated rings. The quantitative estimate of drug-likeness (QED) is 0.850. The molecule has 0 radical (unpaired) electrons. The number of nitrogens with zero attached hydrogens (tertiary/aromatic N) is 2. The molecule has 0 spiro atoms. The molecule has 6 heteroatoms. The van der Waals surface area contributed by atoms with Crippen molar-refractivity contribution in [3.05, 3.63) is 50.8 Å². The third kappa shape index (κ3) is 4.11. The number of rotatable bonds is 4. The van der Waals surface area contributed by atoms with Gasteiger partial charge in [0.25, 0.3) is 0 Å². The van der Waals surface area contributed by atoms with Crippen LogP contribution in [0.5, 0.6) is 0 Å². The summed E-state index contributed by atoms with van der Waals surface area (Å²) in [6.07, 6.45) is 2.66. The maximum atomic E-state index is 11.9. The van der Waals surface area contributed by atoms with E-state index in [1.54, 1.807) is 6.20 Å². The Hall–Kier alpha value is -1.27. The second-order valence-corrected chi connectivity index (χ2v) is 5.87. The molecule has 0 aliphatic rings. The number of hydrogen-bond acceptors (Lipinski definition) is 3. The number of aromatic nitrogens is 2. The summed E-state index contributed by atoms with van der Waals surface area (Å²) in [5.74, 6) is 0.355. The lowest BCUT2D eigenvalue weighted by Gasteiger charge is -2.07. The lowest BCUT2D eigenvalue weighted by Crippen LogP contribution is -2.14. The molecule has 20 heavy (non-hydrogen) atoms. The number of anilines is 1. The highest BCUT2D eigenvalue weighted by Gasteiger charge is 2.09. The molecule has 2 aromatic rings. The minimum atomic E-state index is -0.0782. The normalized spacial score (nSPS) is 10.3. The van der Waals surface area contributed by atoms with Crippen LogP contribution in [-0.4, -0.2) is 15.9 Å². The Bertz CT molecular complexity index is 632. The van der Waals surface area contributed by atoms with E-state index in [1.165, 1.54) is 11.1 Å². The van der Waals surface area contributed by atoms with Crippen molar-refractivity contribution >= 4 is 43.6 Å². The zero-order valence-electron chi connectivity index (χ0n) is 10.9. The summed E-state index contributed by atoms with van der Waals surface area (Å²) in [6, 6.07) is 8.06. The van der Waals surface area contributed by atoms with Gasteiger partial charge in [-0.2, -0.15) is 0 Å². The molecule has 1 aromatic heterocycles. The smallest absolute Gasteiger partial charge is 0.225 e. The Kier molecular flexibility index (Phi) is 5.25. The Balaban J connectivity index is 1.94. The SMILES string of the molecule is Cc1ccccc1CCC(=O)Nc1ncc(Br)nc1Br. The van der Waals surface area contributed by atoms with E-state index in [-0.39, 0.29) is 5.91 Å². The first kappa shape index (κ1) is 15.1. The molecule has 0 aliphatic carbocycles. The fourth-order valence-electron chi connectivity index (χ4n) is 1.76. The van der Waals surface area contributed by atoms with Gasteiger partial charge in [0.1, 0.15) is 9.21 Å². The molecular formula is C14H13Br2N3O. The molecule has 4 nitrogen and oxygen atoms in total. The summed E-state index contributed by atoms with van der Waals surface area (Å²) < 4.78 is 1.12. The van der Waals surface area contributed by atoms with Crippen LogP contribution < -0.4 is 5.32 Å². The van der Waals surface area contributed by atoms with Crippen molar-refractivity contribution in [3.63, 3.8) is 0 Å². The highest BCUT2D eigenvalue weighted by molar-refractivity contribution is 9.11. The van der Waals surface area contributed by atoms with Crippen LogP contribution in [0.2, 0.25) is 0 Å². The topological polar surface area (TPSA) is 54.9 Å². The van der Waals surface area contributed by atoms with Crippen molar-refractivity contribution in [1.29, 1.82) is 0 Å². The summed E-state index contributed by atoms with van der Waals surface area (Å²) in [4.78, 5) is 20.1. The second kappa shape index (κ2) is 6.95. The molecule has 0 saturated carbocycles. The molecule has 0 unspecified atom stereocenters. The number of nitrogens with one attached hydrogen (secondary N) is 1. The minimum Gasteiger partial charge on any atom is -0.308 e. The van der Waals surface area contributed by atoms with Gasteiger partial charge in [-0.15, -0.1) is 0 Å². The first-order valence-corrected chi connectivity index (χ1v) is 7.67. The third-order valence-corrected chi connectivity index (χ3v) is 3.78. The number of benzene rings is 1. The minimum absolute atomic E-state index is 0.0782. The molecular weight excluding hydrogens is 386 g/mol. The fourth-order valence-corrected chi connectivity index (χ4v) is 2.67. The summed E-state index contributed by atoms with van der Waals surface area (Å²) >= 11 is 6.48. The predicted octanol–water partition coefficient (Wildman–Crippen LogP) is 3.88. The van der Waals surface area contributed by atoms with Gasteiger partial charge >= 0.3 is 0 Å². The predicted molar refractivity (Wildman–Crippen MR) is 85.6 cm³/mol. The van der Waals surface area contributed by atoms with Gasteiger partial charge in [-0.05, 0) is 56.3 Å². The average molecular weight is 399 g/mol. The van der Waals surface area contributed by atoms with E-state index in [2.05, 4.69) is 47.1 Å². The lowest BCUT2D eigenvalue weighted by atomic mass is 10.0. The standard InChI is InChI=1S/C14H13Br2N3O/c1-9-4-2-3-5-10(9)6-7-12(20)19-14-13(16)18-11(15)8-17-14/h2-5,8H,6-7H2,1H3,(H,17,19,20). The van der Waals surface area contributed by atoms with Crippen LogP contribution in [0.1, 0.15) is 17.5 Å². The lowest BCUT2D eigenvalue weighted by molar-refractivity contribution is -0.116. The number of hydrogen-bond donors (Lipinski definition) is 1. The summed E-state index contributed by atoms with van der Waals surface area (Å²) in [7, 11) is 0. The number of carbonyl (C=O) groups is 1. The Labute approximate surface area is 134 Å². The number of aryl methyl sites for hydroxylation is 2. The van der Waals surface area contributed by atoms with Crippen molar-refractivity contribution in [2.75, 3.05) is 5.32 Å². The molecule has 0 saturated heterocycles. The summed E-state index contributed by atoms with van der Waals surface area (Å²) in [6.45, 7) is 2.05. The number of halogens is 2. The van der Waals surface area contributed by atoms with E-state index >= 15 is 0 Å². The highest BCUT2D eigenvalue weighted by Crippen LogP contribution is 2.19. The highest BCUT2D eigenvalue weighted by atomic mass is 79.9. The van der Waals surface area contributed by atoms with Gasteiger partial charge in [0.2, 0.25) is 5.91 Å². The Morgan fingerprint density at radius 1 is 1.30 bits per heavy atom. The molecule has 0 atom stereocenters. The second-order valence-electron chi connectivity index (χ2n) is 4.31. The third-order valence-electron chi connectivity index (χ3n) is 2.84. The van der Waals surface area contributed by atoms with E-state index in [0.29, 0.717) is 27.9 Å². The molecule has 0 bridgehead atoms. The van der Waals surface area contributed by atoms with Gasteiger partial charge in [0.15, 0.2) is 5.82 Å². The van der Waals surface area contributed by atoms with Crippen molar-refractivity contribution in [3.8, 4) is 0 Å². The van der Waals surface area contributed by atoms with Gasteiger partial charge < -0.3 is 5.32 Å². The van der Waals surface area contributed by atoms with E-state index in [4.69, 9.17) is 0 Å². The van der Waals surface area contributed by atoms with Crippen molar-refractivity contribution < 1.29 is 4.79 Å². The molecule has 0 aliphatic heterocycles. The monoisotopic (exact) mass is 397 g/mol. The van der Waals surface area contributed by atoms with Crippen LogP contribution in [-0.2, 0) is 11.2 Å². The number of amides is 1. The van der Waals surface area contributed by atoms with E-state index < -0.39 is 0 Å². The molecule has 2 rings (SSSR count). The van der Waals surface area contributed by atoms with Crippen LogP contribution in [0.3, 0.4) is 0 Å². The zero-order valence-corrected chi connectivity index (χ0v) is 14.0. The van der Waals surface area contributed by atoms with E-state index in [1.807, 2.05) is 31.2 Å². The first-order valence-electron chi connectivity index (χ1n) is 6.08. The molecule has 1 heterocycles. The van der Waals surface area contributed by atoms with Gasteiger partial charge in [-0.1, -0.05) is 24.3 Å². The Morgan fingerprint density at radius 3 is 2.75 bits per heavy atom.